The molecule has 0 radical (unpaired) electrons. The average Bonchev–Trinajstić information content (AvgIpc) is 2.71. The van der Waals surface area contributed by atoms with Gasteiger partial charge >= 0.3 is 0 Å². The van der Waals surface area contributed by atoms with Crippen molar-refractivity contribution in [3.63, 3.8) is 0 Å². The molecule has 0 spiro atoms. The van der Waals surface area contributed by atoms with Crippen molar-refractivity contribution in [3.8, 4) is 0 Å². The van der Waals surface area contributed by atoms with Crippen LogP contribution in [-0.2, 0) is 6.54 Å². The van der Waals surface area contributed by atoms with Gasteiger partial charge in [0.2, 0.25) is 5.95 Å². The Hall–Kier alpha value is -0.970. The molecular weight excluding hydrogens is 349 g/mol. The highest BCUT2D eigenvalue weighted by Gasteiger charge is 2.11. The third-order valence-corrected chi connectivity index (χ3v) is 4.28. The molecule has 0 saturated carbocycles. The van der Waals surface area contributed by atoms with Gasteiger partial charge < -0.3 is 9.88 Å². The monoisotopic (exact) mass is 359 g/mol. The molecule has 19 heavy (non-hydrogen) atoms. The zero-order valence-corrected chi connectivity index (χ0v) is 13.3. The summed E-state index contributed by atoms with van der Waals surface area (Å²) in [6.07, 6.45) is 3.75. The SMILES string of the molecule is C=CCn1cc(C)nc1Nc1ccc(Br)c(Cl)c1Cl. The zero-order chi connectivity index (χ0) is 14.0. The predicted octanol–water partition coefficient (Wildman–Crippen LogP) is 5.19. The molecule has 0 fully saturated rings. The second-order valence-electron chi connectivity index (χ2n) is 3.99. The summed E-state index contributed by atoms with van der Waals surface area (Å²) in [5, 5.41) is 4.12. The molecule has 0 saturated heterocycles. The van der Waals surface area contributed by atoms with Crippen LogP contribution in [0.2, 0.25) is 10.0 Å². The first-order chi connectivity index (χ1) is 9.02. The predicted molar refractivity (Wildman–Crippen MR) is 84.6 cm³/mol. The van der Waals surface area contributed by atoms with Crippen LogP contribution < -0.4 is 5.32 Å². The molecule has 0 aliphatic carbocycles. The minimum atomic E-state index is 0.460. The molecule has 1 aromatic carbocycles. The summed E-state index contributed by atoms with van der Waals surface area (Å²) in [5.41, 5.74) is 1.63. The van der Waals surface area contributed by atoms with E-state index in [9.17, 15) is 0 Å². The van der Waals surface area contributed by atoms with Gasteiger partial charge in [-0.25, -0.2) is 4.98 Å². The fourth-order valence-corrected chi connectivity index (χ4v) is 2.49. The fraction of sp³-hybridized carbons (Fsp3) is 0.154. The number of hydrogen-bond donors (Lipinski definition) is 1. The van der Waals surface area contributed by atoms with Gasteiger partial charge in [0.25, 0.3) is 0 Å². The van der Waals surface area contributed by atoms with Crippen LogP contribution in [0.3, 0.4) is 0 Å². The highest BCUT2D eigenvalue weighted by Crippen LogP contribution is 2.36. The van der Waals surface area contributed by atoms with Crippen molar-refractivity contribution in [3.05, 3.63) is 51.2 Å². The van der Waals surface area contributed by atoms with Gasteiger partial charge in [-0.05, 0) is 35.0 Å². The number of benzene rings is 1. The van der Waals surface area contributed by atoms with Crippen LogP contribution in [0, 0.1) is 6.92 Å². The minimum absolute atomic E-state index is 0.460. The molecule has 1 heterocycles. The minimum Gasteiger partial charge on any atom is -0.324 e. The van der Waals surface area contributed by atoms with Crippen LogP contribution in [0.15, 0.2) is 35.5 Å². The standard InChI is InChI=1S/C13H12BrCl2N3/c1-3-6-19-7-8(2)17-13(19)18-10-5-4-9(14)11(15)12(10)16/h3-5,7H,1,6H2,2H3,(H,17,18). The van der Waals surface area contributed by atoms with Crippen molar-refractivity contribution < 1.29 is 0 Å². The van der Waals surface area contributed by atoms with Crippen molar-refractivity contribution in [2.45, 2.75) is 13.5 Å². The van der Waals surface area contributed by atoms with Crippen LogP contribution in [0.25, 0.3) is 0 Å². The number of aromatic nitrogens is 2. The molecular formula is C13H12BrCl2N3. The summed E-state index contributed by atoms with van der Waals surface area (Å²) in [7, 11) is 0. The molecule has 0 atom stereocenters. The van der Waals surface area contributed by atoms with Crippen molar-refractivity contribution in [1.29, 1.82) is 0 Å². The molecule has 0 aliphatic heterocycles. The van der Waals surface area contributed by atoms with E-state index in [2.05, 4.69) is 32.8 Å². The first kappa shape index (κ1) is 14.4. The van der Waals surface area contributed by atoms with E-state index in [0.717, 1.165) is 10.2 Å². The maximum Gasteiger partial charge on any atom is 0.207 e. The van der Waals surface area contributed by atoms with Gasteiger partial charge in [-0.15, -0.1) is 6.58 Å². The molecule has 1 N–H and O–H groups in total. The Morgan fingerprint density at radius 3 is 2.84 bits per heavy atom. The Morgan fingerprint density at radius 2 is 2.16 bits per heavy atom. The normalized spacial score (nSPS) is 10.5. The van der Waals surface area contributed by atoms with Gasteiger partial charge in [0, 0.05) is 17.2 Å². The summed E-state index contributed by atoms with van der Waals surface area (Å²) in [6, 6.07) is 3.69. The molecule has 0 unspecified atom stereocenters. The molecule has 6 heteroatoms. The second-order valence-corrected chi connectivity index (χ2v) is 5.61. The topological polar surface area (TPSA) is 29.9 Å². The zero-order valence-electron chi connectivity index (χ0n) is 10.3. The number of halogens is 3. The Labute approximate surface area is 130 Å². The Morgan fingerprint density at radius 1 is 1.42 bits per heavy atom. The Balaban J connectivity index is 2.36. The van der Waals surface area contributed by atoms with E-state index in [4.69, 9.17) is 23.2 Å². The van der Waals surface area contributed by atoms with E-state index in [1.165, 1.54) is 0 Å². The number of rotatable bonds is 4. The number of nitrogens with one attached hydrogen (secondary N) is 1. The lowest BCUT2D eigenvalue weighted by Gasteiger charge is -2.11. The fourth-order valence-electron chi connectivity index (χ4n) is 1.67. The van der Waals surface area contributed by atoms with E-state index in [0.29, 0.717) is 28.2 Å². The van der Waals surface area contributed by atoms with E-state index < -0.39 is 0 Å². The number of nitrogens with zero attached hydrogens (tertiary/aromatic N) is 2. The number of anilines is 2. The number of hydrogen-bond acceptors (Lipinski definition) is 2. The van der Waals surface area contributed by atoms with Crippen LogP contribution >= 0.6 is 39.1 Å². The smallest absolute Gasteiger partial charge is 0.207 e. The lowest BCUT2D eigenvalue weighted by molar-refractivity contribution is 0.832. The Bertz CT molecular complexity index is 623. The first-order valence-electron chi connectivity index (χ1n) is 5.58. The quantitative estimate of drug-likeness (QED) is 0.600. The van der Waals surface area contributed by atoms with Crippen LogP contribution in [0.1, 0.15) is 5.69 Å². The summed E-state index contributed by atoms with van der Waals surface area (Å²) in [6.45, 7) is 6.33. The largest absolute Gasteiger partial charge is 0.324 e. The van der Waals surface area contributed by atoms with Gasteiger partial charge in [0.15, 0.2) is 0 Å². The lowest BCUT2D eigenvalue weighted by Crippen LogP contribution is -2.02. The van der Waals surface area contributed by atoms with Crippen molar-refractivity contribution >= 4 is 50.8 Å². The van der Waals surface area contributed by atoms with E-state index in [1.54, 1.807) is 0 Å². The number of aryl methyl sites for hydroxylation is 1. The van der Waals surface area contributed by atoms with Gasteiger partial charge in [-0.3, -0.25) is 0 Å². The summed E-state index contributed by atoms with van der Waals surface area (Å²) in [5.74, 6) is 0.706. The molecule has 2 aromatic rings. The molecule has 3 nitrogen and oxygen atoms in total. The van der Waals surface area contributed by atoms with Crippen LogP contribution in [0.5, 0.6) is 0 Å². The molecule has 0 amide bonds. The van der Waals surface area contributed by atoms with E-state index in [-0.39, 0.29) is 0 Å². The van der Waals surface area contributed by atoms with E-state index >= 15 is 0 Å². The van der Waals surface area contributed by atoms with Gasteiger partial charge in [-0.1, -0.05) is 29.3 Å². The summed E-state index contributed by atoms with van der Waals surface area (Å²) >= 11 is 15.6. The first-order valence-corrected chi connectivity index (χ1v) is 7.13. The second kappa shape index (κ2) is 5.99. The van der Waals surface area contributed by atoms with Gasteiger partial charge in [0.05, 0.1) is 21.4 Å². The molecule has 0 aliphatic rings. The van der Waals surface area contributed by atoms with Crippen molar-refractivity contribution in [2.75, 3.05) is 5.32 Å². The van der Waals surface area contributed by atoms with E-state index in [1.807, 2.05) is 35.9 Å². The summed E-state index contributed by atoms with van der Waals surface area (Å²) < 4.78 is 2.71. The lowest BCUT2D eigenvalue weighted by atomic mass is 10.3. The highest BCUT2D eigenvalue weighted by molar-refractivity contribution is 9.10. The van der Waals surface area contributed by atoms with Crippen LogP contribution in [-0.4, -0.2) is 9.55 Å². The number of allylic oxidation sites excluding steroid dienone is 1. The van der Waals surface area contributed by atoms with Gasteiger partial charge in [-0.2, -0.15) is 0 Å². The average molecular weight is 361 g/mol. The molecule has 2 rings (SSSR count). The van der Waals surface area contributed by atoms with Crippen LogP contribution in [0.4, 0.5) is 11.6 Å². The highest BCUT2D eigenvalue weighted by atomic mass is 79.9. The van der Waals surface area contributed by atoms with Gasteiger partial charge in [0.1, 0.15) is 0 Å². The molecule has 100 valence electrons. The van der Waals surface area contributed by atoms with Crippen molar-refractivity contribution in [1.82, 2.24) is 9.55 Å². The maximum absolute atomic E-state index is 6.20. The maximum atomic E-state index is 6.20. The Kier molecular flexibility index (Phi) is 4.55. The number of imidazole rings is 1. The third kappa shape index (κ3) is 3.14. The summed E-state index contributed by atoms with van der Waals surface area (Å²) in [4.78, 5) is 4.41. The van der Waals surface area contributed by atoms with Crippen molar-refractivity contribution in [2.24, 2.45) is 0 Å². The molecule has 0 bridgehead atoms. The third-order valence-electron chi connectivity index (χ3n) is 2.50. The molecule has 1 aromatic heterocycles.